The Hall–Kier alpha value is -2.45. The van der Waals surface area contributed by atoms with Gasteiger partial charge in [0, 0.05) is 51.9 Å². The first-order chi connectivity index (χ1) is 12.8. The predicted molar refractivity (Wildman–Crippen MR) is 99.4 cm³/mol. The first-order valence-electron chi connectivity index (χ1n) is 8.92. The lowest BCUT2D eigenvalue weighted by molar-refractivity contribution is 0.0420. The molecule has 0 saturated carbocycles. The molecule has 1 saturated heterocycles. The summed E-state index contributed by atoms with van der Waals surface area (Å²) in [7, 11) is 1.77. The minimum Gasteiger partial charge on any atom is -0.379 e. The topological polar surface area (TPSA) is 85.6 Å². The zero-order valence-electron chi connectivity index (χ0n) is 15.1. The molecular formula is C18H26N6O2. The number of hydrogen-bond donors (Lipinski definition) is 2. The van der Waals surface area contributed by atoms with Crippen molar-refractivity contribution in [2.24, 2.45) is 4.99 Å². The summed E-state index contributed by atoms with van der Waals surface area (Å²) in [6.07, 6.45) is 9.35. The normalized spacial score (nSPS) is 17.4. The summed E-state index contributed by atoms with van der Waals surface area (Å²) in [5.41, 5.74) is 1.12. The van der Waals surface area contributed by atoms with Gasteiger partial charge in [0.25, 0.3) is 0 Å². The van der Waals surface area contributed by atoms with E-state index in [1.165, 1.54) is 0 Å². The molecule has 0 spiro atoms. The molecule has 8 nitrogen and oxygen atoms in total. The smallest absolute Gasteiger partial charge is 0.191 e. The summed E-state index contributed by atoms with van der Waals surface area (Å²) in [6.45, 7) is 3.75. The van der Waals surface area contributed by atoms with Crippen molar-refractivity contribution in [3.8, 4) is 5.82 Å². The van der Waals surface area contributed by atoms with Crippen molar-refractivity contribution in [2.75, 3.05) is 33.4 Å². The highest BCUT2D eigenvalue weighted by atomic mass is 16.5. The fraction of sp³-hybridized carbons (Fsp3) is 0.500. The van der Waals surface area contributed by atoms with Crippen LogP contribution in [0.3, 0.4) is 0 Å². The lowest BCUT2D eigenvalue weighted by Crippen LogP contribution is -2.37. The highest BCUT2D eigenvalue weighted by Crippen LogP contribution is 2.08. The highest BCUT2D eigenvalue weighted by molar-refractivity contribution is 5.79. The summed E-state index contributed by atoms with van der Waals surface area (Å²) in [6, 6.07) is 4.01. The van der Waals surface area contributed by atoms with Gasteiger partial charge < -0.3 is 20.1 Å². The number of hydrogen-bond acceptors (Lipinski definition) is 5. The van der Waals surface area contributed by atoms with Gasteiger partial charge in [-0.15, -0.1) is 0 Å². The molecule has 1 fully saturated rings. The minimum atomic E-state index is 0.267. The third-order valence-corrected chi connectivity index (χ3v) is 4.12. The monoisotopic (exact) mass is 358 g/mol. The first kappa shape index (κ1) is 18.3. The lowest BCUT2D eigenvalue weighted by atomic mass is 10.2. The minimum absolute atomic E-state index is 0.267. The molecule has 2 aromatic heterocycles. The van der Waals surface area contributed by atoms with Crippen LogP contribution in [-0.4, -0.2) is 60.0 Å². The molecular weight excluding hydrogens is 332 g/mol. The van der Waals surface area contributed by atoms with Gasteiger partial charge in [0.1, 0.15) is 12.1 Å². The zero-order chi connectivity index (χ0) is 18.0. The van der Waals surface area contributed by atoms with Gasteiger partial charge in [-0.05, 0) is 30.5 Å². The number of imidazole rings is 1. The Labute approximate surface area is 153 Å². The van der Waals surface area contributed by atoms with Gasteiger partial charge in [0.15, 0.2) is 5.96 Å². The molecule has 1 atom stereocenters. The van der Waals surface area contributed by atoms with Crippen LogP contribution in [0.15, 0.2) is 42.0 Å². The third-order valence-electron chi connectivity index (χ3n) is 4.12. The molecule has 3 rings (SSSR count). The Bertz CT molecular complexity index is 683. The number of aromatic nitrogens is 3. The molecule has 3 heterocycles. The maximum atomic E-state index is 5.76. The van der Waals surface area contributed by atoms with E-state index in [2.05, 4.69) is 25.6 Å². The molecule has 0 bridgehead atoms. The van der Waals surface area contributed by atoms with E-state index in [0.717, 1.165) is 56.5 Å². The number of aliphatic imine (C=N–C) groups is 1. The van der Waals surface area contributed by atoms with E-state index in [1.807, 2.05) is 22.9 Å². The molecule has 1 aliphatic rings. The van der Waals surface area contributed by atoms with E-state index >= 15 is 0 Å². The molecule has 0 radical (unpaired) electrons. The van der Waals surface area contributed by atoms with Crippen molar-refractivity contribution in [1.29, 1.82) is 0 Å². The molecule has 26 heavy (non-hydrogen) atoms. The van der Waals surface area contributed by atoms with E-state index in [-0.39, 0.29) is 6.10 Å². The first-order valence-corrected chi connectivity index (χ1v) is 8.92. The van der Waals surface area contributed by atoms with E-state index in [9.17, 15) is 0 Å². The Balaban J connectivity index is 1.38. The van der Waals surface area contributed by atoms with Crippen molar-refractivity contribution in [3.05, 3.63) is 42.6 Å². The average Bonchev–Trinajstić information content (AvgIpc) is 3.38. The number of ether oxygens (including phenoxy) is 2. The van der Waals surface area contributed by atoms with Crippen LogP contribution >= 0.6 is 0 Å². The summed E-state index contributed by atoms with van der Waals surface area (Å²) in [5.74, 6) is 1.62. The molecule has 2 aromatic rings. The standard InChI is InChI=1S/C18H26N6O2/c1-19-18(22-5-2-9-26-16-4-10-25-13-16)23-12-15-3-6-21-17(11-15)24-8-7-20-14-24/h3,6-8,11,14,16H,2,4-5,9-10,12-13H2,1H3,(H2,19,22,23). The van der Waals surface area contributed by atoms with Crippen LogP contribution in [0.4, 0.5) is 0 Å². The second-order valence-electron chi connectivity index (χ2n) is 6.05. The predicted octanol–water partition coefficient (Wildman–Crippen LogP) is 1.13. The van der Waals surface area contributed by atoms with Crippen LogP contribution < -0.4 is 10.6 Å². The van der Waals surface area contributed by atoms with Crippen molar-refractivity contribution in [1.82, 2.24) is 25.2 Å². The van der Waals surface area contributed by atoms with Crippen molar-refractivity contribution in [3.63, 3.8) is 0 Å². The SMILES string of the molecule is CN=C(NCCCOC1CCOC1)NCc1ccnc(-n2ccnc2)c1. The Morgan fingerprint density at radius 2 is 2.38 bits per heavy atom. The number of nitrogens with one attached hydrogen (secondary N) is 2. The number of rotatable bonds is 8. The molecule has 8 heteroatoms. The Morgan fingerprint density at radius 1 is 1.42 bits per heavy atom. The number of guanidine groups is 1. The van der Waals surface area contributed by atoms with Crippen molar-refractivity contribution in [2.45, 2.75) is 25.5 Å². The fourth-order valence-corrected chi connectivity index (χ4v) is 2.69. The van der Waals surface area contributed by atoms with Crippen molar-refractivity contribution >= 4 is 5.96 Å². The van der Waals surface area contributed by atoms with E-state index < -0.39 is 0 Å². The van der Waals surface area contributed by atoms with Gasteiger partial charge in [-0.3, -0.25) is 9.56 Å². The molecule has 2 N–H and O–H groups in total. The van der Waals surface area contributed by atoms with Crippen LogP contribution in [0.2, 0.25) is 0 Å². The Morgan fingerprint density at radius 3 is 3.15 bits per heavy atom. The van der Waals surface area contributed by atoms with Gasteiger partial charge >= 0.3 is 0 Å². The van der Waals surface area contributed by atoms with Crippen LogP contribution in [-0.2, 0) is 16.0 Å². The van der Waals surface area contributed by atoms with Crippen LogP contribution in [0, 0.1) is 0 Å². The summed E-state index contributed by atoms with van der Waals surface area (Å²) in [5, 5.41) is 6.62. The molecule has 0 amide bonds. The second kappa shape index (κ2) is 9.88. The molecule has 140 valence electrons. The molecule has 1 aliphatic heterocycles. The van der Waals surface area contributed by atoms with Crippen LogP contribution in [0.1, 0.15) is 18.4 Å². The summed E-state index contributed by atoms with van der Waals surface area (Å²) in [4.78, 5) is 12.7. The third kappa shape index (κ3) is 5.53. The maximum Gasteiger partial charge on any atom is 0.191 e. The zero-order valence-corrected chi connectivity index (χ0v) is 15.1. The molecule has 0 aliphatic carbocycles. The fourth-order valence-electron chi connectivity index (χ4n) is 2.69. The quantitative estimate of drug-likeness (QED) is 0.418. The average molecular weight is 358 g/mol. The van der Waals surface area contributed by atoms with Crippen LogP contribution in [0.25, 0.3) is 5.82 Å². The second-order valence-corrected chi connectivity index (χ2v) is 6.05. The summed E-state index contributed by atoms with van der Waals surface area (Å²) >= 11 is 0. The van der Waals surface area contributed by atoms with Gasteiger partial charge in [-0.1, -0.05) is 0 Å². The lowest BCUT2D eigenvalue weighted by Gasteiger charge is -2.13. The van der Waals surface area contributed by atoms with Crippen LogP contribution in [0.5, 0.6) is 0 Å². The Kier molecular flexibility index (Phi) is 6.97. The largest absolute Gasteiger partial charge is 0.379 e. The van der Waals surface area contributed by atoms with E-state index in [1.54, 1.807) is 25.8 Å². The van der Waals surface area contributed by atoms with E-state index in [4.69, 9.17) is 9.47 Å². The van der Waals surface area contributed by atoms with E-state index in [0.29, 0.717) is 6.54 Å². The van der Waals surface area contributed by atoms with Crippen molar-refractivity contribution < 1.29 is 9.47 Å². The number of nitrogens with zero attached hydrogens (tertiary/aromatic N) is 4. The maximum absolute atomic E-state index is 5.76. The highest BCUT2D eigenvalue weighted by Gasteiger charge is 2.15. The van der Waals surface area contributed by atoms with Gasteiger partial charge in [-0.25, -0.2) is 9.97 Å². The van der Waals surface area contributed by atoms with Gasteiger partial charge in [-0.2, -0.15) is 0 Å². The molecule has 0 aromatic carbocycles. The number of pyridine rings is 1. The molecule has 1 unspecified atom stereocenters. The summed E-state index contributed by atoms with van der Waals surface area (Å²) < 4.78 is 12.9. The van der Waals surface area contributed by atoms with Gasteiger partial charge in [0.2, 0.25) is 0 Å². The van der Waals surface area contributed by atoms with Gasteiger partial charge in [0.05, 0.1) is 12.7 Å².